The zero-order valence-corrected chi connectivity index (χ0v) is 17.8. The monoisotopic (exact) mass is 423 g/mol. The number of amides is 1. The first-order chi connectivity index (χ1) is 13.8. The first-order valence-electron chi connectivity index (χ1n) is 8.94. The molecule has 0 aliphatic carbocycles. The van der Waals surface area contributed by atoms with Crippen LogP contribution in [0, 0.1) is 32.1 Å². The van der Waals surface area contributed by atoms with Crippen molar-refractivity contribution in [3.63, 3.8) is 0 Å². The van der Waals surface area contributed by atoms with Gasteiger partial charge in [-0.3, -0.25) is 4.79 Å². The lowest BCUT2D eigenvalue weighted by Gasteiger charge is -2.10. The van der Waals surface area contributed by atoms with Crippen LogP contribution in [0.5, 0.6) is 0 Å². The fourth-order valence-corrected chi connectivity index (χ4v) is 3.62. The molecule has 1 amide bonds. The Kier molecular flexibility index (Phi) is 6.12. The van der Waals surface area contributed by atoms with Gasteiger partial charge in [-0.05, 0) is 80.4 Å². The third kappa shape index (κ3) is 4.54. The zero-order valence-electron chi connectivity index (χ0n) is 16.3. The van der Waals surface area contributed by atoms with Gasteiger partial charge in [0.2, 0.25) is 0 Å². The van der Waals surface area contributed by atoms with Gasteiger partial charge in [0.15, 0.2) is 0 Å². The van der Waals surface area contributed by atoms with Gasteiger partial charge in [-0.25, -0.2) is 0 Å². The average Bonchev–Trinajstić information content (AvgIpc) is 2.95. The van der Waals surface area contributed by atoms with Crippen molar-refractivity contribution in [3.8, 4) is 11.8 Å². The Hall–Kier alpha value is -3.00. The first-order valence-corrected chi connectivity index (χ1v) is 9.70. The maximum absolute atomic E-state index is 12.6. The quantitative estimate of drug-likeness (QED) is 0.397. The van der Waals surface area contributed by atoms with Crippen molar-refractivity contribution in [1.82, 2.24) is 4.57 Å². The molecule has 6 heteroatoms. The van der Waals surface area contributed by atoms with Crippen LogP contribution in [-0.4, -0.2) is 10.5 Å². The third-order valence-electron chi connectivity index (χ3n) is 4.64. The SMILES string of the molecule is Cc1cc(Cl)ccc1NC(=O)/C(C#N)=C/c1cc(C)n(-c2cccc(Cl)c2)c1C. The van der Waals surface area contributed by atoms with Crippen LogP contribution in [0.4, 0.5) is 5.69 Å². The van der Waals surface area contributed by atoms with Crippen molar-refractivity contribution in [2.24, 2.45) is 0 Å². The van der Waals surface area contributed by atoms with Gasteiger partial charge in [-0.15, -0.1) is 0 Å². The van der Waals surface area contributed by atoms with E-state index in [1.54, 1.807) is 24.3 Å². The minimum absolute atomic E-state index is 0.0192. The molecule has 146 valence electrons. The van der Waals surface area contributed by atoms with E-state index in [0.29, 0.717) is 15.7 Å². The van der Waals surface area contributed by atoms with E-state index < -0.39 is 5.91 Å². The average molecular weight is 424 g/mol. The van der Waals surface area contributed by atoms with Gasteiger partial charge >= 0.3 is 0 Å². The molecule has 0 radical (unpaired) electrons. The number of carbonyl (C=O) groups excluding carboxylic acids is 1. The minimum Gasteiger partial charge on any atom is -0.321 e. The zero-order chi connectivity index (χ0) is 21.1. The third-order valence-corrected chi connectivity index (χ3v) is 5.11. The Balaban J connectivity index is 1.94. The molecule has 29 heavy (non-hydrogen) atoms. The number of rotatable bonds is 4. The van der Waals surface area contributed by atoms with E-state index in [-0.39, 0.29) is 5.57 Å². The summed E-state index contributed by atoms with van der Waals surface area (Å²) in [6.45, 7) is 5.75. The Bertz CT molecular complexity index is 1170. The largest absolute Gasteiger partial charge is 0.321 e. The summed E-state index contributed by atoms with van der Waals surface area (Å²) in [4.78, 5) is 12.6. The second-order valence-electron chi connectivity index (χ2n) is 6.72. The summed E-state index contributed by atoms with van der Waals surface area (Å²) >= 11 is 12.1. The normalized spacial score (nSPS) is 11.2. The van der Waals surface area contributed by atoms with Crippen molar-refractivity contribution in [3.05, 3.63) is 86.7 Å². The Morgan fingerprint density at radius 1 is 1.07 bits per heavy atom. The van der Waals surface area contributed by atoms with Crippen LogP contribution >= 0.6 is 23.2 Å². The molecular formula is C23H19Cl2N3O. The number of nitriles is 1. The van der Waals surface area contributed by atoms with Crippen molar-refractivity contribution in [1.29, 1.82) is 5.26 Å². The molecule has 0 atom stereocenters. The minimum atomic E-state index is -0.467. The molecule has 0 spiro atoms. The van der Waals surface area contributed by atoms with Crippen LogP contribution in [0.25, 0.3) is 11.8 Å². The number of nitrogens with one attached hydrogen (secondary N) is 1. The number of carbonyl (C=O) groups is 1. The first kappa shape index (κ1) is 20.7. The maximum atomic E-state index is 12.6. The highest BCUT2D eigenvalue weighted by molar-refractivity contribution is 6.31. The van der Waals surface area contributed by atoms with Crippen LogP contribution in [0.3, 0.4) is 0 Å². The molecule has 0 aliphatic rings. The van der Waals surface area contributed by atoms with E-state index in [4.69, 9.17) is 23.2 Å². The van der Waals surface area contributed by atoms with E-state index in [1.807, 2.05) is 61.7 Å². The van der Waals surface area contributed by atoms with Gasteiger partial charge in [0.05, 0.1) is 0 Å². The summed E-state index contributed by atoms with van der Waals surface area (Å²) in [6, 6.07) is 16.6. The number of nitrogens with zero attached hydrogens (tertiary/aromatic N) is 2. The van der Waals surface area contributed by atoms with Gasteiger partial charge in [0.25, 0.3) is 5.91 Å². The van der Waals surface area contributed by atoms with Gasteiger partial charge in [-0.2, -0.15) is 5.26 Å². The van der Waals surface area contributed by atoms with E-state index >= 15 is 0 Å². The maximum Gasteiger partial charge on any atom is 0.266 e. The fourth-order valence-electron chi connectivity index (χ4n) is 3.21. The van der Waals surface area contributed by atoms with Crippen LogP contribution in [0.2, 0.25) is 10.0 Å². The summed E-state index contributed by atoms with van der Waals surface area (Å²) < 4.78 is 2.04. The molecular weight excluding hydrogens is 405 g/mol. The van der Waals surface area contributed by atoms with Gasteiger partial charge in [-0.1, -0.05) is 29.3 Å². The molecule has 0 aliphatic heterocycles. The molecule has 3 aromatic rings. The second-order valence-corrected chi connectivity index (χ2v) is 7.60. The predicted molar refractivity (Wildman–Crippen MR) is 119 cm³/mol. The molecule has 0 fully saturated rings. The van der Waals surface area contributed by atoms with Gasteiger partial charge in [0, 0.05) is 32.8 Å². The Morgan fingerprint density at radius 2 is 1.79 bits per heavy atom. The number of aryl methyl sites for hydroxylation is 2. The number of benzene rings is 2. The highest BCUT2D eigenvalue weighted by Gasteiger charge is 2.15. The van der Waals surface area contributed by atoms with E-state index in [0.717, 1.165) is 28.2 Å². The van der Waals surface area contributed by atoms with Crippen molar-refractivity contribution < 1.29 is 4.79 Å². The second kappa shape index (κ2) is 8.57. The Morgan fingerprint density at radius 3 is 2.45 bits per heavy atom. The lowest BCUT2D eigenvalue weighted by Crippen LogP contribution is -2.14. The smallest absolute Gasteiger partial charge is 0.266 e. The lowest BCUT2D eigenvalue weighted by atomic mass is 10.1. The highest BCUT2D eigenvalue weighted by Crippen LogP contribution is 2.25. The van der Waals surface area contributed by atoms with Crippen LogP contribution in [0.15, 0.2) is 54.1 Å². The molecule has 1 heterocycles. The summed E-state index contributed by atoms with van der Waals surface area (Å²) in [5.74, 6) is -0.467. The van der Waals surface area contributed by atoms with Gasteiger partial charge < -0.3 is 9.88 Å². The molecule has 3 rings (SSSR count). The summed E-state index contributed by atoms with van der Waals surface area (Å²) in [6.07, 6.45) is 1.60. The summed E-state index contributed by atoms with van der Waals surface area (Å²) in [7, 11) is 0. The number of hydrogen-bond donors (Lipinski definition) is 1. The number of aromatic nitrogens is 1. The summed E-state index contributed by atoms with van der Waals surface area (Å²) in [5, 5.41) is 13.6. The molecule has 0 unspecified atom stereocenters. The number of halogens is 2. The van der Waals surface area contributed by atoms with Crippen LogP contribution < -0.4 is 5.32 Å². The highest BCUT2D eigenvalue weighted by atomic mass is 35.5. The van der Waals surface area contributed by atoms with E-state index in [9.17, 15) is 10.1 Å². The van der Waals surface area contributed by atoms with E-state index in [1.165, 1.54) is 0 Å². The van der Waals surface area contributed by atoms with Crippen LogP contribution in [0.1, 0.15) is 22.5 Å². The predicted octanol–water partition coefficient (Wildman–Crippen LogP) is 6.26. The molecule has 1 aromatic heterocycles. The van der Waals surface area contributed by atoms with Crippen molar-refractivity contribution in [2.45, 2.75) is 20.8 Å². The Labute approximate surface area is 180 Å². The standard InChI is InChI=1S/C23H19Cl2N3O/c1-14-9-20(25)7-8-22(14)27-23(29)18(13-26)11-17-10-15(2)28(16(17)3)21-6-4-5-19(24)12-21/h4-12H,1-3H3,(H,27,29)/b18-11+. The topological polar surface area (TPSA) is 57.8 Å². The van der Waals surface area contributed by atoms with E-state index in [2.05, 4.69) is 5.32 Å². The summed E-state index contributed by atoms with van der Waals surface area (Å²) in [5.41, 5.74) is 5.06. The van der Waals surface area contributed by atoms with Crippen molar-refractivity contribution in [2.75, 3.05) is 5.32 Å². The number of anilines is 1. The molecule has 4 nitrogen and oxygen atoms in total. The van der Waals surface area contributed by atoms with Crippen molar-refractivity contribution >= 4 is 40.9 Å². The molecule has 0 bridgehead atoms. The number of hydrogen-bond acceptors (Lipinski definition) is 2. The fraction of sp³-hybridized carbons (Fsp3) is 0.130. The molecule has 0 saturated heterocycles. The molecule has 2 aromatic carbocycles. The lowest BCUT2D eigenvalue weighted by molar-refractivity contribution is -0.112. The molecule has 0 saturated carbocycles. The molecule has 1 N–H and O–H groups in total. The van der Waals surface area contributed by atoms with Crippen LogP contribution in [-0.2, 0) is 4.79 Å². The van der Waals surface area contributed by atoms with Gasteiger partial charge in [0.1, 0.15) is 11.6 Å².